The van der Waals surface area contributed by atoms with Gasteiger partial charge in [0.15, 0.2) is 0 Å². The van der Waals surface area contributed by atoms with E-state index in [0.717, 1.165) is 45.3 Å². The lowest BCUT2D eigenvalue weighted by Gasteiger charge is -2.16. The van der Waals surface area contributed by atoms with Crippen LogP contribution in [0.15, 0.2) is 12.3 Å². The van der Waals surface area contributed by atoms with Gasteiger partial charge in [-0.05, 0) is 44.8 Å². The van der Waals surface area contributed by atoms with Crippen molar-refractivity contribution >= 4 is 17.5 Å². The second kappa shape index (κ2) is 6.96. The molecule has 2 heterocycles. The first kappa shape index (κ1) is 14.4. The maximum atomic E-state index is 12.3. The van der Waals surface area contributed by atoms with Gasteiger partial charge in [0, 0.05) is 18.8 Å². The summed E-state index contributed by atoms with van der Waals surface area (Å²) in [4.78, 5) is 12.3. The lowest BCUT2D eigenvalue weighted by molar-refractivity contribution is 0.0924. The van der Waals surface area contributed by atoms with Gasteiger partial charge >= 0.3 is 0 Å². The van der Waals surface area contributed by atoms with Crippen LogP contribution < -0.4 is 10.6 Å². The van der Waals surface area contributed by atoms with E-state index in [1.807, 2.05) is 10.8 Å². The van der Waals surface area contributed by atoms with Crippen LogP contribution in [0, 0.1) is 0 Å². The number of carbonyl (C=O) groups excluding carboxylic acids is 1. The molecule has 0 spiro atoms. The Balaban J connectivity index is 2.02. The normalized spacial score (nSPS) is 20.0. The van der Waals surface area contributed by atoms with Crippen LogP contribution in [0.3, 0.4) is 0 Å². The van der Waals surface area contributed by atoms with Crippen molar-refractivity contribution in [1.82, 2.24) is 15.2 Å². The number of aromatic nitrogens is 1. The number of hydrogen-bond acceptors (Lipinski definition) is 2. The summed E-state index contributed by atoms with van der Waals surface area (Å²) < 4.78 is 1.94. The highest BCUT2D eigenvalue weighted by Gasteiger charge is 2.18. The molecule has 0 saturated carbocycles. The molecule has 0 aromatic carbocycles. The summed E-state index contributed by atoms with van der Waals surface area (Å²) in [6, 6.07) is 2.02. The maximum Gasteiger partial charge on any atom is 0.268 e. The Bertz CT molecular complexity index is 422. The highest BCUT2D eigenvalue weighted by molar-refractivity contribution is 6.31. The molecule has 0 aliphatic carbocycles. The van der Waals surface area contributed by atoms with Crippen molar-refractivity contribution in [2.24, 2.45) is 0 Å². The van der Waals surface area contributed by atoms with E-state index in [-0.39, 0.29) is 11.9 Å². The molecule has 0 bridgehead atoms. The number of hydrogen-bond donors (Lipinski definition) is 2. The first-order valence-electron chi connectivity index (χ1n) is 7.08. The van der Waals surface area contributed by atoms with Crippen molar-refractivity contribution in [3.8, 4) is 0 Å². The number of carbonyl (C=O) groups is 1. The fourth-order valence-electron chi connectivity index (χ4n) is 2.51. The number of nitrogens with one attached hydrogen (secondary N) is 2. The number of amides is 1. The molecule has 2 N–H and O–H groups in total. The Morgan fingerprint density at radius 3 is 3.16 bits per heavy atom. The maximum absolute atomic E-state index is 12.3. The molecule has 1 amide bonds. The van der Waals surface area contributed by atoms with E-state index in [9.17, 15) is 4.79 Å². The minimum atomic E-state index is -0.00718. The first-order chi connectivity index (χ1) is 9.20. The molecule has 1 aromatic rings. The summed E-state index contributed by atoms with van der Waals surface area (Å²) in [7, 11) is 0. The molecule has 106 valence electrons. The smallest absolute Gasteiger partial charge is 0.268 e. The lowest BCUT2D eigenvalue weighted by Crippen LogP contribution is -2.36. The Kier molecular flexibility index (Phi) is 5.28. The molecular formula is C14H22ClN3O. The van der Waals surface area contributed by atoms with E-state index in [2.05, 4.69) is 17.6 Å². The fraction of sp³-hybridized carbons (Fsp3) is 0.643. The largest absolute Gasteiger partial charge is 0.348 e. The summed E-state index contributed by atoms with van der Waals surface area (Å²) in [6.07, 6.45) is 5.96. The first-order valence-corrected chi connectivity index (χ1v) is 7.45. The third kappa shape index (κ3) is 3.98. The molecular weight excluding hydrogens is 262 g/mol. The zero-order chi connectivity index (χ0) is 13.7. The van der Waals surface area contributed by atoms with Gasteiger partial charge in [-0.2, -0.15) is 0 Å². The molecule has 1 aliphatic rings. The van der Waals surface area contributed by atoms with Crippen molar-refractivity contribution in [2.75, 3.05) is 13.1 Å². The molecule has 1 aromatic heterocycles. The van der Waals surface area contributed by atoms with Gasteiger partial charge in [-0.15, -0.1) is 0 Å². The molecule has 1 aliphatic heterocycles. The average molecular weight is 284 g/mol. The van der Waals surface area contributed by atoms with Gasteiger partial charge < -0.3 is 15.2 Å². The number of aryl methyl sites for hydroxylation is 1. The topological polar surface area (TPSA) is 46.1 Å². The standard InChI is InChI=1S/C14H22ClN3O/c1-2-8-18-10-11(15)9-13(18)14(19)17-12-4-3-6-16-7-5-12/h9-10,12,16H,2-8H2,1H3,(H,17,19). The van der Waals surface area contributed by atoms with Gasteiger partial charge in [0.25, 0.3) is 5.91 Å². The van der Waals surface area contributed by atoms with Crippen LogP contribution in [0.2, 0.25) is 5.02 Å². The van der Waals surface area contributed by atoms with Gasteiger partial charge in [-0.25, -0.2) is 0 Å². The van der Waals surface area contributed by atoms with Gasteiger partial charge in [0.05, 0.1) is 5.02 Å². The Hall–Kier alpha value is -1.00. The second-order valence-electron chi connectivity index (χ2n) is 5.09. The molecule has 1 fully saturated rings. The van der Waals surface area contributed by atoms with E-state index in [1.54, 1.807) is 6.07 Å². The van der Waals surface area contributed by atoms with Crippen molar-refractivity contribution in [3.05, 3.63) is 23.0 Å². The number of halogens is 1. The molecule has 4 nitrogen and oxygen atoms in total. The molecule has 5 heteroatoms. The zero-order valence-corrected chi connectivity index (χ0v) is 12.2. The van der Waals surface area contributed by atoms with Crippen molar-refractivity contribution in [1.29, 1.82) is 0 Å². The van der Waals surface area contributed by atoms with Crippen molar-refractivity contribution in [2.45, 2.75) is 45.2 Å². The quantitative estimate of drug-likeness (QED) is 0.891. The molecule has 1 unspecified atom stereocenters. The minimum absolute atomic E-state index is 0.00718. The summed E-state index contributed by atoms with van der Waals surface area (Å²) in [6.45, 7) is 4.93. The predicted molar refractivity (Wildman–Crippen MR) is 77.7 cm³/mol. The van der Waals surface area contributed by atoms with Crippen LogP contribution in [-0.2, 0) is 6.54 Å². The van der Waals surface area contributed by atoms with Crippen LogP contribution in [0.5, 0.6) is 0 Å². The third-order valence-electron chi connectivity index (χ3n) is 3.47. The minimum Gasteiger partial charge on any atom is -0.348 e. The Labute approximate surface area is 119 Å². The molecule has 0 radical (unpaired) electrons. The Morgan fingerprint density at radius 2 is 2.37 bits per heavy atom. The van der Waals surface area contributed by atoms with E-state index in [0.29, 0.717) is 10.7 Å². The van der Waals surface area contributed by atoms with E-state index >= 15 is 0 Å². The molecule has 1 saturated heterocycles. The SMILES string of the molecule is CCCn1cc(Cl)cc1C(=O)NC1CCCNCC1. The summed E-state index contributed by atoms with van der Waals surface area (Å²) in [5, 5.41) is 7.10. The molecule has 1 atom stereocenters. The summed E-state index contributed by atoms with van der Waals surface area (Å²) >= 11 is 6.00. The second-order valence-corrected chi connectivity index (χ2v) is 5.52. The van der Waals surface area contributed by atoms with Crippen molar-refractivity contribution < 1.29 is 4.79 Å². The number of rotatable bonds is 4. The fourth-order valence-corrected chi connectivity index (χ4v) is 2.74. The van der Waals surface area contributed by atoms with Crippen LogP contribution in [0.25, 0.3) is 0 Å². The van der Waals surface area contributed by atoms with Crippen LogP contribution in [0.1, 0.15) is 43.1 Å². The summed E-state index contributed by atoms with van der Waals surface area (Å²) in [5.74, 6) is -0.00718. The van der Waals surface area contributed by atoms with E-state index < -0.39 is 0 Å². The average Bonchev–Trinajstić information content (AvgIpc) is 2.60. The van der Waals surface area contributed by atoms with Crippen LogP contribution >= 0.6 is 11.6 Å². The van der Waals surface area contributed by atoms with Gasteiger partial charge in [-0.1, -0.05) is 18.5 Å². The highest BCUT2D eigenvalue weighted by Crippen LogP contribution is 2.15. The van der Waals surface area contributed by atoms with E-state index in [1.165, 1.54) is 0 Å². The zero-order valence-electron chi connectivity index (χ0n) is 11.4. The van der Waals surface area contributed by atoms with E-state index in [4.69, 9.17) is 11.6 Å². The predicted octanol–water partition coefficient (Wildman–Crippen LogP) is 2.42. The van der Waals surface area contributed by atoms with Gasteiger partial charge in [0.2, 0.25) is 0 Å². The van der Waals surface area contributed by atoms with Crippen LogP contribution in [-0.4, -0.2) is 29.6 Å². The van der Waals surface area contributed by atoms with Gasteiger partial charge in [-0.3, -0.25) is 4.79 Å². The van der Waals surface area contributed by atoms with Crippen molar-refractivity contribution in [3.63, 3.8) is 0 Å². The number of nitrogens with zero attached hydrogens (tertiary/aromatic N) is 1. The van der Waals surface area contributed by atoms with Crippen LogP contribution in [0.4, 0.5) is 0 Å². The Morgan fingerprint density at radius 1 is 1.53 bits per heavy atom. The highest BCUT2D eigenvalue weighted by atomic mass is 35.5. The van der Waals surface area contributed by atoms with Gasteiger partial charge in [0.1, 0.15) is 5.69 Å². The molecule has 2 rings (SSSR count). The summed E-state index contributed by atoms with van der Waals surface area (Å²) in [5.41, 5.74) is 0.670. The monoisotopic (exact) mass is 283 g/mol. The molecule has 19 heavy (non-hydrogen) atoms. The lowest BCUT2D eigenvalue weighted by atomic mass is 10.1. The third-order valence-corrected chi connectivity index (χ3v) is 3.68.